The number of hydrogen-bond donors (Lipinski definition) is 2. The van der Waals surface area contributed by atoms with Gasteiger partial charge in [0.15, 0.2) is 0 Å². The standard InChI is InChI=1S/C13H21FN2O2S/c1-3-13(11-6-4-7-12(14)10-11)15-8-5-9-16-19(2,17)18/h4,6-7,10,13,15-16H,3,5,8-9H2,1-2H3. The summed E-state index contributed by atoms with van der Waals surface area (Å²) in [5, 5.41) is 3.30. The van der Waals surface area contributed by atoms with Crippen molar-refractivity contribution in [3.8, 4) is 0 Å². The van der Waals surface area contributed by atoms with Crippen molar-refractivity contribution >= 4 is 10.0 Å². The van der Waals surface area contributed by atoms with Crippen LogP contribution in [0.5, 0.6) is 0 Å². The van der Waals surface area contributed by atoms with Crippen molar-refractivity contribution in [2.24, 2.45) is 0 Å². The van der Waals surface area contributed by atoms with Crippen molar-refractivity contribution in [1.82, 2.24) is 10.0 Å². The smallest absolute Gasteiger partial charge is 0.208 e. The van der Waals surface area contributed by atoms with Crippen molar-refractivity contribution in [3.05, 3.63) is 35.6 Å². The summed E-state index contributed by atoms with van der Waals surface area (Å²) >= 11 is 0. The summed E-state index contributed by atoms with van der Waals surface area (Å²) in [7, 11) is -3.12. The van der Waals surface area contributed by atoms with E-state index in [9.17, 15) is 12.8 Å². The minimum absolute atomic E-state index is 0.0916. The molecule has 0 spiro atoms. The van der Waals surface area contributed by atoms with Gasteiger partial charge in [-0.25, -0.2) is 17.5 Å². The fourth-order valence-electron chi connectivity index (χ4n) is 1.84. The Balaban J connectivity index is 2.37. The summed E-state index contributed by atoms with van der Waals surface area (Å²) in [6.45, 7) is 3.11. The van der Waals surface area contributed by atoms with E-state index >= 15 is 0 Å². The summed E-state index contributed by atoms with van der Waals surface area (Å²) < 4.78 is 37.3. The molecular formula is C13H21FN2O2S. The predicted octanol–water partition coefficient (Wildman–Crippen LogP) is 1.81. The van der Waals surface area contributed by atoms with Crippen LogP contribution in [0.1, 0.15) is 31.4 Å². The van der Waals surface area contributed by atoms with Gasteiger partial charge in [0.1, 0.15) is 5.82 Å². The van der Waals surface area contributed by atoms with E-state index in [0.717, 1.165) is 18.2 Å². The Morgan fingerprint density at radius 1 is 1.32 bits per heavy atom. The first kappa shape index (κ1) is 16.1. The Hall–Kier alpha value is -0.980. The highest BCUT2D eigenvalue weighted by molar-refractivity contribution is 7.88. The number of rotatable bonds is 8. The van der Waals surface area contributed by atoms with Gasteiger partial charge < -0.3 is 5.32 Å². The van der Waals surface area contributed by atoms with Crippen LogP contribution in [0.3, 0.4) is 0 Å². The lowest BCUT2D eigenvalue weighted by molar-refractivity contribution is 0.504. The molecule has 1 atom stereocenters. The summed E-state index contributed by atoms with van der Waals surface area (Å²) in [5.41, 5.74) is 0.915. The second-order valence-electron chi connectivity index (χ2n) is 4.49. The van der Waals surface area contributed by atoms with E-state index in [1.54, 1.807) is 6.07 Å². The third-order valence-electron chi connectivity index (χ3n) is 2.77. The Morgan fingerprint density at radius 3 is 2.63 bits per heavy atom. The molecule has 0 bridgehead atoms. The number of sulfonamides is 1. The number of benzene rings is 1. The minimum atomic E-state index is -3.12. The van der Waals surface area contributed by atoms with E-state index in [1.807, 2.05) is 13.0 Å². The lowest BCUT2D eigenvalue weighted by Gasteiger charge is -2.17. The van der Waals surface area contributed by atoms with Crippen LogP contribution < -0.4 is 10.0 Å². The third kappa shape index (κ3) is 6.66. The van der Waals surface area contributed by atoms with E-state index < -0.39 is 10.0 Å². The summed E-state index contributed by atoms with van der Waals surface area (Å²) in [5.74, 6) is -0.239. The van der Waals surface area contributed by atoms with Crippen molar-refractivity contribution < 1.29 is 12.8 Å². The molecule has 0 aromatic heterocycles. The van der Waals surface area contributed by atoms with E-state index in [4.69, 9.17) is 0 Å². The first-order valence-electron chi connectivity index (χ1n) is 6.36. The summed E-state index contributed by atoms with van der Waals surface area (Å²) in [6, 6.07) is 6.62. The number of hydrogen-bond acceptors (Lipinski definition) is 3. The van der Waals surface area contributed by atoms with Gasteiger partial charge in [-0.2, -0.15) is 0 Å². The van der Waals surface area contributed by atoms with Gasteiger partial charge in [0.25, 0.3) is 0 Å². The molecule has 0 saturated carbocycles. The number of nitrogens with one attached hydrogen (secondary N) is 2. The lowest BCUT2D eigenvalue weighted by atomic mass is 10.0. The molecule has 0 aliphatic carbocycles. The van der Waals surface area contributed by atoms with E-state index in [-0.39, 0.29) is 11.9 Å². The fraction of sp³-hybridized carbons (Fsp3) is 0.538. The molecule has 0 radical (unpaired) electrons. The molecule has 2 N–H and O–H groups in total. The van der Waals surface area contributed by atoms with Gasteiger partial charge in [0, 0.05) is 12.6 Å². The first-order valence-corrected chi connectivity index (χ1v) is 8.25. The van der Waals surface area contributed by atoms with E-state index in [1.165, 1.54) is 12.1 Å². The van der Waals surface area contributed by atoms with Gasteiger partial charge in [-0.05, 0) is 37.1 Å². The Bertz CT molecular complexity index is 491. The van der Waals surface area contributed by atoms with Crippen LogP contribution in [-0.4, -0.2) is 27.8 Å². The molecule has 19 heavy (non-hydrogen) atoms. The predicted molar refractivity (Wildman–Crippen MR) is 74.9 cm³/mol. The van der Waals surface area contributed by atoms with Crippen molar-refractivity contribution in [3.63, 3.8) is 0 Å². The van der Waals surface area contributed by atoms with Crippen LogP contribution in [-0.2, 0) is 10.0 Å². The zero-order valence-electron chi connectivity index (χ0n) is 11.3. The van der Waals surface area contributed by atoms with Gasteiger partial charge in [-0.3, -0.25) is 0 Å². The molecule has 1 aromatic carbocycles. The first-order chi connectivity index (χ1) is 8.92. The van der Waals surface area contributed by atoms with Crippen molar-refractivity contribution in [1.29, 1.82) is 0 Å². The molecule has 1 aromatic rings. The quantitative estimate of drug-likeness (QED) is 0.717. The average molecular weight is 288 g/mol. The second-order valence-corrected chi connectivity index (χ2v) is 6.32. The maximum atomic E-state index is 13.1. The molecule has 108 valence electrons. The molecular weight excluding hydrogens is 267 g/mol. The molecule has 0 aliphatic rings. The van der Waals surface area contributed by atoms with Crippen LogP contribution >= 0.6 is 0 Å². The lowest BCUT2D eigenvalue weighted by Crippen LogP contribution is -2.28. The molecule has 1 rings (SSSR count). The molecule has 0 aliphatic heterocycles. The van der Waals surface area contributed by atoms with Gasteiger partial charge in [0.2, 0.25) is 10.0 Å². The van der Waals surface area contributed by atoms with Crippen molar-refractivity contribution in [2.75, 3.05) is 19.3 Å². The maximum absolute atomic E-state index is 13.1. The molecule has 4 nitrogen and oxygen atoms in total. The Kier molecular flexibility index (Phi) is 6.41. The molecule has 0 amide bonds. The molecule has 0 fully saturated rings. The third-order valence-corrected chi connectivity index (χ3v) is 3.50. The molecule has 0 heterocycles. The summed E-state index contributed by atoms with van der Waals surface area (Å²) in [4.78, 5) is 0. The Morgan fingerprint density at radius 2 is 2.05 bits per heavy atom. The van der Waals surface area contributed by atoms with Crippen LogP contribution in [0.4, 0.5) is 4.39 Å². The topological polar surface area (TPSA) is 58.2 Å². The van der Waals surface area contributed by atoms with E-state index in [2.05, 4.69) is 10.0 Å². The SMILES string of the molecule is CCC(NCCCNS(C)(=O)=O)c1cccc(F)c1. The zero-order valence-corrected chi connectivity index (χ0v) is 12.1. The largest absolute Gasteiger partial charge is 0.310 e. The molecule has 1 unspecified atom stereocenters. The Labute approximate surface area is 114 Å². The van der Waals surface area contributed by atoms with Crippen LogP contribution in [0.2, 0.25) is 0 Å². The normalized spacial score (nSPS) is 13.4. The van der Waals surface area contributed by atoms with Crippen LogP contribution in [0.15, 0.2) is 24.3 Å². The van der Waals surface area contributed by atoms with Gasteiger partial charge >= 0.3 is 0 Å². The maximum Gasteiger partial charge on any atom is 0.208 e. The highest BCUT2D eigenvalue weighted by atomic mass is 32.2. The summed E-state index contributed by atoms with van der Waals surface area (Å²) in [6.07, 6.45) is 2.68. The highest BCUT2D eigenvalue weighted by Crippen LogP contribution is 2.17. The molecule has 6 heteroatoms. The highest BCUT2D eigenvalue weighted by Gasteiger charge is 2.09. The van der Waals surface area contributed by atoms with E-state index in [0.29, 0.717) is 19.5 Å². The van der Waals surface area contributed by atoms with Crippen LogP contribution in [0, 0.1) is 5.82 Å². The second kappa shape index (κ2) is 7.57. The van der Waals surface area contributed by atoms with Crippen LogP contribution in [0.25, 0.3) is 0 Å². The average Bonchev–Trinajstić information content (AvgIpc) is 2.32. The zero-order chi connectivity index (χ0) is 14.3. The fourth-order valence-corrected chi connectivity index (χ4v) is 2.36. The minimum Gasteiger partial charge on any atom is -0.310 e. The van der Waals surface area contributed by atoms with Gasteiger partial charge in [-0.1, -0.05) is 19.1 Å². The monoisotopic (exact) mass is 288 g/mol. The number of halogens is 1. The van der Waals surface area contributed by atoms with Gasteiger partial charge in [-0.15, -0.1) is 0 Å². The van der Waals surface area contributed by atoms with Gasteiger partial charge in [0.05, 0.1) is 6.26 Å². The van der Waals surface area contributed by atoms with Crippen molar-refractivity contribution in [2.45, 2.75) is 25.8 Å². The molecule has 0 saturated heterocycles.